The van der Waals surface area contributed by atoms with E-state index in [0.29, 0.717) is 0 Å². The molecule has 2 nitrogen and oxygen atoms in total. The molecule has 0 saturated carbocycles. The van der Waals surface area contributed by atoms with E-state index < -0.39 is 0 Å². The molecule has 0 bridgehead atoms. The summed E-state index contributed by atoms with van der Waals surface area (Å²) in [5, 5.41) is 0. The molecule has 0 saturated heterocycles. The molecule has 0 aliphatic rings. The van der Waals surface area contributed by atoms with Gasteiger partial charge in [0.25, 0.3) is 0 Å². The van der Waals surface area contributed by atoms with Crippen molar-refractivity contribution in [3.05, 3.63) is 96.8 Å². The maximum absolute atomic E-state index is 3.61. The first-order valence-electron chi connectivity index (χ1n) is 8.37. The Bertz CT molecular complexity index is 1010. The van der Waals surface area contributed by atoms with Crippen molar-refractivity contribution in [2.45, 2.75) is 6.92 Å². The van der Waals surface area contributed by atoms with Crippen molar-refractivity contribution in [3.63, 3.8) is 0 Å². The molecule has 1 radical (unpaired) electrons. The van der Waals surface area contributed by atoms with Crippen molar-refractivity contribution in [2.24, 2.45) is 7.05 Å². The Hall–Kier alpha value is -2.03. The average molecular weight is 412 g/mol. The number of nitrogens with zero attached hydrogens (tertiary/aromatic N) is 2. The Morgan fingerprint density at radius 2 is 1.65 bits per heavy atom. The third kappa shape index (κ3) is 3.58. The second-order valence-corrected chi connectivity index (χ2v) is 6.14. The molecule has 0 aliphatic carbocycles. The molecule has 4 rings (SSSR count). The summed E-state index contributed by atoms with van der Waals surface area (Å²) in [4.78, 5) is 0. The summed E-state index contributed by atoms with van der Waals surface area (Å²) in [6.45, 7) is 2.13. The van der Waals surface area contributed by atoms with Gasteiger partial charge in [0, 0.05) is 32.7 Å². The Kier molecular flexibility index (Phi) is 5.85. The van der Waals surface area contributed by atoms with Gasteiger partial charge in [-0.3, -0.25) is 4.57 Å². The number of hydrogen-bond acceptors (Lipinski definition) is 0. The maximum atomic E-state index is 3.61. The van der Waals surface area contributed by atoms with Crippen LogP contribution in [0.2, 0.25) is 0 Å². The molecular formula is C23H19N2Y-. The molecule has 0 N–H and O–H groups in total. The summed E-state index contributed by atoms with van der Waals surface area (Å²) >= 11 is 0. The minimum Gasteiger partial charge on any atom is -0.265 e. The van der Waals surface area contributed by atoms with Crippen LogP contribution >= 0.6 is 0 Å². The molecule has 1 heterocycles. The van der Waals surface area contributed by atoms with Crippen LogP contribution in [0.5, 0.6) is 0 Å². The normalized spacial score (nSPS) is 10.4. The van der Waals surface area contributed by atoms with Crippen LogP contribution in [0.3, 0.4) is 0 Å². The van der Waals surface area contributed by atoms with E-state index in [1.54, 1.807) is 0 Å². The molecule has 0 fully saturated rings. The molecule has 0 spiro atoms. The molecule has 0 atom stereocenters. The number of aryl methyl sites for hydroxylation is 2. The first-order chi connectivity index (χ1) is 12.2. The van der Waals surface area contributed by atoms with Gasteiger partial charge >= 0.3 is 0 Å². The van der Waals surface area contributed by atoms with Crippen LogP contribution in [0.4, 0.5) is 0 Å². The van der Waals surface area contributed by atoms with Gasteiger partial charge in [0.1, 0.15) is 18.1 Å². The van der Waals surface area contributed by atoms with Gasteiger partial charge in [0.15, 0.2) is 0 Å². The van der Waals surface area contributed by atoms with Crippen molar-refractivity contribution in [1.82, 2.24) is 4.57 Å². The third-order valence-corrected chi connectivity index (χ3v) is 4.41. The molecule has 1 aromatic heterocycles. The summed E-state index contributed by atoms with van der Waals surface area (Å²) in [5.74, 6) is 1.11. The zero-order valence-electron chi connectivity index (χ0n) is 15.0. The van der Waals surface area contributed by atoms with E-state index >= 15 is 0 Å². The van der Waals surface area contributed by atoms with Gasteiger partial charge < -0.3 is 0 Å². The number of aromatic nitrogens is 2. The quantitative estimate of drug-likeness (QED) is 0.345. The number of hydrogen-bond donors (Lipinski definition) is 0. The Balaban J connectivity index is 0.00000196. The van der Waals surface area contributed by atoms with Crippen LogP contribution in [0.25, 0.3) is 28.2 Å². The Labute approximate surface area is 180 Å². The molecule has 0 unspecified atom stereocenters. The molecule has 3 heteroatoms. The SMILES string of the molecule is Cc1ccc(-c2[c-]cccc2)[c-]c1-c1n(-c2ccccc2)cc[n+]1C.[Y]. The average Bonchev–Trinajstić information content (AvgIpc) is 3.05. The molecule has 125 valence electrons. The zero-order chi connectivity index (χ0) is 17.2. The first-order valence-corrected chi connectivity index (χ1v) is 8.37. The van der Waals surface area contributed by atoms with Crippen LogP contribution < -0.4 is 4.57 Å². The van der Waals surface area contributed by atoms with Crippen LogP contribution in [-0.4, -0.2) is 4.57 Å². The minimum absolute atomic E-state index is 0. The van der Waals surface area contributed by atoms with Crippen molar-refractivity contribution in [3.8, 4) is 28.2 Å². The van der Waals surface area contributed by atoms with Gasteiger partial charge in [-0.1, -0.05) is 25.1 Å². The van der Waals surface area contributed by atoms with Crippen molar-refractivity contribution in [2.75, 3.05) is 0 Å². The van der Waals surface area contributed by atoms with E-state index in [0.717, 1.165) is 28.2 Å². The molecule has 4 aromatic rings. The summed E-state index contributed by atoms with van der Waals surface area (Å²) in [6.07, 6.45) is 4.18. The van der Waals surface area contributed by atoms with Gasteiger partial charge in [0.05, 0.1) is 7.05 Å². The largest absolute Gasteiger partial charge is 0.265 e. The van der Waals surface area contributed by atoms with Gasteiger partial charge in [-0.25, -0.2) is 10.1 Å². The standard InChI is InChI=1S/C23H19N2.Y/c1-18-13-14-20(19-9-5-3-6-10-19)17-22(18)23-24(2)15-16-25(23)21-11-7-4-8-12-21;/h3-9,11-16H,1-2H3;/q-1;. The fraction of sp³-hybridized carbons (Fsp3) is 0.0870. The Morgan fingerprint density at radius 3 is 2.38 bits per heavy atom. The van der Waals surface area contributed by atoms with Gasteiger partial charge in [-0.15, -0.1) is 17.7 Å². The predicted molar refractivity (Wildman–Crippen MR) is 100 cm³/mol. The third-order valence-electron chi connectivity index (χ3n) is 4.41. The summed E-state index contributed by atoms with van der Waals surface area (Å²) in [5.41, 5.74) is 5.56. The van der Waals surface area contributed by atoms with E-state index in [9.17, 15) is 0 Å². The maximum Gasteiger partial charge on any atom is 0.228 e. The van der Waals surface area contributed by atoms with Gasteiger partial charge in [-0.2, -0.15) is 42.0 Å². The van der Waals surface area contributed by atoms with Gasteiger partial charge in [0.2, 0.25) is 5.82 Å². The van der Waals surface area contributed by atoms with Crippen LogP contribution in [0, 0.1) is 19.1 Å². The van der Waals surface area contributed by atoms with E-state index in [-0.39, 0.29) is 32.7 Å². The van der Waals surface area contributed by atoms with Gasteiger partial charge in [-0.05, 0) is 17.7 Å². The second-order valence-electron chi connectivity index (χ2n) is 6.14. The van der Waals surface area contributed by atoms with Crippen molar-refractivity contribution >= 4 is 0 Å². The van der Waals surface area contributed by atoms with E-state index in [1.807, 2.05) is 24.3 Å². The summed E-state index contributed by atoms with van der Waals surface area (Å²) < 4.78 is 4.35. The fourth-order valence-electron chi connectivity index (χ4n) is 3.09. The molecule has 26 heavy (non-hydrogen) atoms. The molecule has 0 amide bonds. The summed E-state index contributed by atoms with van der Waals surface area (Å²) in [6, 6.07) is 29.6. The van der Waals surface area contributed by atoms with Crippen molar-refractivity contribution < 1.29 is 37.3 Å². The summed E-state index contributed by atoms with van der Waals surface area (Å²) in [7, 11) is 2.07. The number of benzene rings is 3. The van der Waals surface area contributed by atoms with Crippen LogP contribution in [0.15, 0.2) is 79.1 Å². The smallest absolute Gasteiger partial charge is 0.228 e. The van der Waals surface area contributed by atoms with Crippen LogP contribution in [-0.2, 0) is 39.8 Å². The number of imidazole rings is 1. The number of para-hydroxylation sites is 1. The zero-order valence-corrected chi connectivity index (χ0v) is 17.8. The fourth-order valence-corrected chi connectivity index (χ4v) is 3.09. The predicted octanol–water partition coefficient (Wildman–Crippen LogP) is 4.54. The van der Waals surface area contributed by atoms with E-state index in [4.69, 9.17) is 0 Å². The molecule has 0 aliphatic heterocycles. The van der Waals surface area contributed by atoms with E-state index in [1.165, 1.54) is 5.56 Å². The van der Waals surface area contributed by atoms with Crippen molar-refractivity contribution in [1.29, 1.82) is 0 Å². The topological polar surface area (TPSA) is 8.81 Å². The monoisotopic (exact) mass is 412 g/mol. The van der Waals surface area contributed by atoms with Crippen LogP contribution in [0.1, 0.15) is 5.56 Å². The molecular weight excluding hydrogens is 393 g/mol. The molecule has 3 aromatic carbocycles. The first kappa shape index (κ1) is 18.8. The Morgan fingerprint density at radius 1 is 0.885 bits per heavy atom. The minimum atomic E-state index is 0. The number of rotatable bonds is 3. The second kappa shape index (κ2) is 8.11. The van der Waals surface area contributed by atoms with E-state index in [2.05, 4.69) is 90.1 Å².